The van der Waals surface area contributed by atoms with Crippen LogP contribution >= 0.6 is 0 Å². The first-order valence-corrected chi connectivity index (χ1v) is 7.42. The first-order valence-electron chi connectivity index (χ1n) is 7.42. The molecule has 0 bridgehead atoms. The predicted molar refractivity (Wildman–Crippen MR) is 88.5 cm³/mol. The maximum Gasteiger partial charge on any atom is 0.325 e. The highest BCUT2D eigenvalue weighted by molar-refractivity contribution is 5.90. The maximum absolute atomic E-state index is 11.6. The van der Waals surface area contributed by atoms with Gasteiger partial charge < -0.3 is 10.1 Å². The van der Waals surface area contributed by atoms with Crippen LogP contribution in [-0.4, -0.2) is 18.4 Å². The first kappa shape index (κ1) is 16.5. The average Bonchev–Trinajstić information content (AvgIpc) is 2.60. The van der Waals surface area contributed by atoms with E-state index in [1.54, 1.807) is 6.08 Å². The third-order valence-electron chi connectivity index (χ3n) is 3.12. The number of nitrogens with one attached hydrogen (secondary N) is 1. The van der Waals surface area contributed by atoms with E-state index in [2.05, 4.69) is 5.32 Å². The van der Waals surface area contributed by atoms with E-state index in [9.17, 15) is 9.59 Å². The van der Waals surface area contributed by atoms with E-state index in [0.717, 1.165) is 11.1 Å². The van der Waals surface area contributed by atoms with Crippen molar-refractivity contribution in [2.45, 2.75) is 13.0 Å². The van der Waals surface area contributed by atoms with Crippen LogP contribution in [-0.2, 0) is 27.4 Å². The van der Waals surface area contributed by atoms with Crippen molar-refractivity contribution in [2.24, 2.45) is 0 Å². The molecule has 0 saturated carbocycles. The zero-order valence-electron chi connectivity index (χ0n) is 12.8. The smallest absolute Gasteiger partial charge is 0.325 e. The Bertz CT molecular complexity index is 651. The second kappa shape index (κ2) is 9.20. The van der Waals surface area contributed by atoms with E-state index in [-0.39, 0.29) is 19.1 Å². The minimum absolute atomic E-state index is 0.138. The van der Waals surface area contributed by atoms with Gasteiger partial charge in [0.1, 0.15) is 13.2 Å². The number of rotatable bonds is 7. The number of hydrogen-bond donors (Lipinski definition) is 1. The Morgan fingerprint density at radius 1 is 0.913 bits per heavy atom. The van der Waals surface area contributed by atoms with E-state index >= 15 is 0 Å². The van der Waals surface area contributed by atoms with E-state index < -0.39 is 5.97 Å². The van der Waals surface area contributed by atoms with Crippen LogP contribution in [0.2, 0.25) is 0 Å². The van der Waals surface area contributed by atoms with Gasteiger partial charge in [-0.15, -0.1) is 0 Å². The van der Waals surface area contributed by atoms with Crippen LogP contribution in [0.15, 0.2) is 72.8 Å². The fourth-order valence-corrected chi connectivity index (χ4v) is 1.92. The van der Waals surface area contributed by atoms with Gasteiger partial charge in [0, 0.05) is 0 Å². The Morgan fingerprint density at radius 3 is 2.17 bits per heavy atom. The SMILES string of the molecule is O=C(C=CCc1ccccc1)NCC(=O)OCc1ccccc1. The molecule has 1 N–H and O–H groups in total. The van der Waals surface area contributed by atoms with Crippen molar-refractivity contribution in [2.75, 3.05) is 6.54 Å². The first-order chi connectivity index (χ1) is 11.2. The topological polar surface area (TPSA) is 55.4 Å². The average molecular weight is 309 g/mol. The van der Waals surface area contributed by atoms with Gasteiger partial charge in [0.05, 0.1) is 0 Å². The van der Waals surface area contributed by atoms with Crippen molar-refractivity contribution in [3.05, 3.63) is 83.9 Å². The molecule has 23 heavy (non-hydrogen) atoms. The van der Waals surface area contributed by atoms with Gasteiger partial charge in [0.15, 0.2) is 0 Å². The molecule has 0 aliphatic heterocycles. The number of allylic oxidation sites excluding steroid dienone is 1. The third kappa shape index (κ3) is 6.61. The van der Waals surface area contributed by atoms with Gasteiger partial charge in [-0.2, -0.15) is 0 Å². The van der Waals surface area contributed by atoms with Crippen molar-refractivity contribution in [1.82, 2.24) is 5.32 Å². The number of esters is 1. The molecule has 0 radical (unpaired) electrons. The van der Waals surface area contributed by atoms with Gasteiger partial charge in [0.2, 0.25) is 5.91 Å². The summed E-state index contributed by atoms with van der Waals surface area (Å²) in [5.41, 5.74) is 2.04. The van der Waals surface area contributed by atoms with Crippen LogP contribution in [0.25, 0.3) is 0 Å². The Balaban J connectivity index is 1.64. The highest BCUT2D eigenvalue weighted by Crippen LogP contribution is 2.01. The van der Waals surface area contributed by atoms with Crippen LogP contribution in [0.4, 0.5) is 0 Å². The summed E-state index contributed by atoms with van der Waals surface area (Å²) in [5.74, 6) is -0.767. The summed E-state index contributed by atoms with van der Waals surface area (Å²) in [4.78, 5) is 23.2. The second-order valence-corrected chi connectivity index (χ2v) is 4.96. The molecule has 0 spiro atoms. The summed E-state index contributed by atoms with van der Waals surface area (Å²) in [6, 6.07) is 19.2. The van der Waals surface area contributed by atoms with E-state index in [4.69, 9.17) is 4.74 Å². The van der Waals surface area contributed by atoms with Gasteiger partial charge in [-0.05, 0) is 23.6 Å². The predicted octanol–water partition coefficient (Wildman–Crippen LogP) is 2.64. The second-order valence-electron chi connectivity index (χ2n) is 4.96. The lowest BCUT2D eigenvalue weighted by molar-refractivity contribution is -0.144. The van der Waals surface area contributed by atoms with Gasteiger partial charge in [-0.25, -0.2) is 0 Å². The maximum atomic E-state index is 11.6. The molecule has 2 aromatic rings. The summed E-state index contributed by atoms with van der Waals surface area (Å²) in [7, 11) is 0. The number of carbonyl (C=O) groups excluding carboxylic acids is 2. The monoisotopic (exact) mass is 309 g/mol. The standard InChI is InChI=1S/C19H19NO3/c21-18(13-7-12-16-8-3-1-4-9-16)20-14-19(22)23-15-17-10-5-2-6-11-17/h1-11,13H,12,14-15H2,(H,20,21). The number of carbonyl (C=O) groups is 2. The molecule has 0 heterocycles. The summed E-state index contributed by atoms with van der Waals surface area (Å²) < 4.78 is 5.07. The fourth-order valence-electron chi connectivity index (χ4n) is 1.92. The van der Waals surface area contributed by atoms with Crippen LogP contribution < -0.4 is 5.32 Å². The normalized spacial score (nSPS) is 10.4. The van der Waals surface area contributed by atoms with Gasteiger partial charge in [-0.1, -0.05) is 66.7 Å². The van der Waals surface area contributed by atoms with Crippen molar-refractivity contribution >= 4 is 11.9 Å². The molecule has 2 rings (SSSR count). The quantitative estimate of drug-likeness (QED) is 0.632. The molecular formula is C19H19NO3. The van der Waals surface area contributed by atoms with Crippen LogP contribution in [0.5, 0.6) is 0 Å². The molecule has 0 aliphatic carbocycles. The molecule has 0 aromatic heterocycles. The van der Waals surface area contributed by atoms with Crippen molar-refractivity contribution in [3.8, 4) is 0 Å². The molecule has 0 fully saturated rings. The number of hydrogen-bond acceptors (Lipinski definition) is 3. The molecule has 0 saturated heterocycles. The zero-order chi connectivity index (χ0) is 16.3. The Morgan fingerprint density at radius 2 is 1.52 bits per heavy atom. The van der Waals surface area contributed by atoms with E-state index in [1.165, 1.54) is 6.08 Å². The van der Waals surface area contributed by atoms with Gasteiger partial charge in [-0.3, -0.25) is 9.59 Å². The van der Waals surface area contributed by atoms with E-state index in [1.807, 2.05) is 60.7 Å². The van der Waals surface area contributed by atoms with Crippen LogP contribution in [0, 0.1) is 0 Å². The largest absolute Gasteiger partial charge is 0.460 e. The molecule has 0 aliphatic rings. The molecule has 2 aromatic carbocycles. The highest BCUT2D eigenvalue weighted by atomic mass is 16.5. The number of ether oxygens (including phenoxy) is 1. The summed E-state index contributed by atoms with van der Waals surface area (Å²) in [5, 5.41) is 2.50. The third-order valence-corrected chi connectivity index (χ3v) is 3.12. The number of benzene rings is 2. The fraction of sp³-hybridized carbons (Fsp3) is 0.158. The Hall–Kier alpha value is -2.88. The number of amides is 1. The molecule has 4 nitrogen and oxygen atoms in total. The van der Waals surface area contributed by atoms with Crippen molar-refractivity contribution in [1.29, 1.82) is 0 Å². The van der Waals surface area contributed by atoms with Crippen LogP contribution in [0.3, 0.4) is 0 Å². The molecule has 4 heteroatoms. The summed E-state index contributed by atoms with van der Waals surface area (Å²) >= 11 is 0. The van der Waals surface area contributed by atoms with Crippen molar-refractivity contribution in [3.63, 3.8) is 0 Å². The molecule has 0 atom stereocenters. The molecule has 0 unspecified atom stereocenters. The summed E-state index contributed by atoms with van der Waals surface area (Å²) in [6.45, 7) is 0.0702. The molecule has 118 valence electrons. The highest BCUT2D eigenvalue weighted by Gasteiger charge is 2.04. The van der Waals surface area contributed by atoms with Gasteiger partial charge >= 0.3 is 5.97 Å². The van der Waals surface area contributed by atoms with Crippen molar-refractivity contribution < 1.29 is 14.3 Å². The lowest BCUT2D eigenvalue weighted by Gasteiger charge is -2.05. The Labute approximate surface area is 135 Å². The lowest BCUT2D eigenvalue weighted by Crippen LogP contribution is -2.29. The minimum atomic E-state index is -0.460. The van der Waals surface area contributed by atoms with Gasteiger partial charge in [0.25, 0.3) is 0 Å². The minimum Gasteiger partial charge on any atom is -0.460 e. The Kier molecular flexibility index (Phi) is 6.60. The molecular weight excluding hydrogens is 290 g/mol. The molecule has 1 amide bonds. The zero-order valence-corrected chi connectivity index (χ0v) is 12.8. The lowest BCUT2D eigenvalue weighted by atomic mass is 10.1. The van der Waals surface area contributed by atoms with E-state index in [0.29, 0.717) is 6.42 Å². The van der Waals surface area contributed by atoms with Crippen LogP contribution in [0.1, 0.15) is 11.1 Å². The summed E-state index contributed by atoms with van der Waals surface area (Å²) in [6.07, 6.45) is 3.87.